The molecule has 0 N–H and O–H groups in total. The Labute approximate surface area is 209 Å². The number of hydrogen-bond acceptors (Lipinski definition) is 4. The summed E-state index contributed by atoms with van der Waals surface area (Å²) in [5, 5.41) is 1.35. The van der Waals surface area contributed by atoms with Gasteiger partial charge < -0.3 is 4.90 Å². The second-order valence-corrected chi connectivity index (χ2v) is 10.2. The van der Waals surface area contributed by atoms with Crippen LogP contribution in [0.4, 0.5) is 5.82 Å². The lowest BCUT2D eigenvalue weighted by molar-refractivity contribution is 0.786. The normalized spacial score (nSPS) is 11.2. The molecule has 0 fully saturated rings. The van der Waals surface area contributed by atoms with Crippen molar-refractivity contribution in [3.8, 4) is 11.1 Å². The number of benzene rings is 3. The Bertz CT molecular complexity index is 1400. The van der Waals surface area contributed by atoms with Crippen LogP contribution in [0.3, 0.4) is 0 Å². The van der Waals surface area contributed by atoms with Gasteiger partial charge in [-0.05, 0) is 60.2 Å². The molecular weight excluding hydrogens is 458 g/mol. The van der Waals surface area contributed by atoms with Crippen molar-refractivity contribution in [3.05, 3.63) is 111 Å². The van der Waals surface area contributed by atoms with Gasteiger partial charge in [0, 0.05) is 23.5 Å². The molecule has 3 nitrogen and oxygen atoms in total. The number of aromatic nitrogens is 2. The summed E-state index contributed by atoms with van der Waals surface area (Å²) >= 11 is 8.17. The van der Waals surface area contributed by atoms with Gasteiger partial charge >= 0.3 is 0 Å². The number of aryl methyl sites for hydroxylation is 3. The monoisotopic (exact) mass is 483 g/mol. The van der Waals surface area contributed by atoms with Gasteiger partial charge in [0.15, 0.2) is 0 Å². The van der Waals surface area contributed by atoms with E-state index in [0.717, 1.165) is 29.1 Å². The minimum atomic E-state index is 0.279. The molecule has 0 saturated carbocycles. The Morgan fingerprint density at radius 2 is 1.38 bits per heavy atom. The molecular formula is C29H26ClN3S. The molecule has 0 aliphatic rings. The van der Waals surface area contributed by atoms with E-state index in [4.69, 9.17) is 16.6 Å². The lowest BCUT2D eigenvalue weighted by atomic mass is 9.98. The van der Waals surface area contributed by atoms with Crippen molar-refractivity contribution < 1.29 is 0 Å². The number of nitrogens with zero attached hydrogens (tertiary/aromatic N) is 3. The highest BCUT2D eigenvalue weighted by atomic mass is 35.5. The maximum absolute atomic E-state index is 6.49. The number of anilines is 1. The van der Waals surface area contributed by atoms with Crippen molar-refractivity contribution >= 4 is 39.0 Å². The Balaban J connectivity index is 1.72. The first-order valence-corrected chi connectivity index (χ1v) is 12.6. The number of fused-ring (bicyclic) bond motifs is 1. The third-order valence-electron chi connectivity index (χ3n) is 6.21. The first kappa shape index (κ1) is 22.6. The summed E-state index contributed by atoms with van der Waals surface area (Å²) < 4.78 is 0. The first-order chi connectivity index (χ1) is 16.5. The van der Waals surface area contributed by atoms with Crippen molar-refractivity contribution in [2.24, 2.45) is 0 Å². The van der Waals surface area contributed by atoms with Gasteiger partial charge in [0.05, 0.1) is 5.39 Å². The molecule has 0 unspecified atom stereocenters. The molecule has 0 spiro atoms. The fourth-order valence-electron chi connectivity index (χ4n) is 4.35. The second kappa shape index (κ2) is 9.57. The molecule has 34 heavy (non-hydrogen) atoms. The van der Waals surface area contributed by atoms with E-state index < -0.39 is 0 Å². The van der Waals surface area contributed by atoms with Crippen LogP contribution in [0.25, 0.3) is 21.3 Å². The fourth-order valence-corrected chi connectivity index (χ4v) is 5.61. The Kier molecular flexibility index (Phi) is 6.36. The van der Waals surface area contributed by atoms with Crippen molar-refractivity contribution in [2.75, 3.05) is 4.90 Å². The molecule has 0 aliphatic heterocycles. The van der Waals surface area contributed by atoms with Crippen LogP contribution >= 0.6 is 22.9 Å². The summed E-state index contributed by atoms with van der Waals surface area (Å²) in [6.07, 6.45) is 0. The summed E-state index contributed by atoms with van der Waals surface area (Å²) in [6.45, 7) is 7.91. The summed E-state index contributed by atoms with van der Waals surface area (Å²) in [6, 6.07) is 27.7. The highest BCUT2D eigenvalue weighted by Gasteiger charge is 2.22. The zero-order chi connectivity index (χ0) is 23.7. The predicted octanol–water partition coefficient (Wildman–Crippen LogP) is 8.14. The fraction of sp³-hybridized carbons (Fsp3) is 0.172. The van der Waals surface area contributed by atoms with Gasteiger partial charge in [-0.3, -0.25) is 0 Å². The molecule has 0 aliphatic carbocycles. The van der Waals surface area contributed by atoms with Crippen LogP contribution < -0.4 is 4.90 Å². The molecule has 2 heterocycles. The first-order valence-electron chi connectivity index (χ1n) is 11.4. The van der Waals surface area contributed by atoms with E-state index in [-0.39, 0.29) is 5.28 Å². The van der Waals surface area contributed by atoms with Crippen molar-refractivity contribution in [3.63, 3.8) is 0 Å². The van der Waals surface area contributed by atoms with Crippen LogP contribution in [-0.2, 0) is 13.1 Å². The molecule has 2 aromatic heterocycles. The Hall–Kier alpha value is -3.21. The predicted molar refractivity (Wildman–Crippen MR) is 145 cm³/mol. The average molecular weight is 484 g/mol. The molecule has 5 aromatic rings. The van der Waals surface area contributed by atoms with E-state index >= 15 is 0 Å². The van der Waals surface area contributed by atoms with Gasteiger partial charge in [-0.1, -0.05) is 78.9 Å². The largest absolute Gasteiger partial charge is 0.347 e. The maximum atomic E-state index is 6.49. The topological polar surface area (TPSA) is 29.0 Å². The van der Waals surface area contributed by atoms with Crippen LogP contribution in [0, 0.1) is 20.8 Å². The molecule has 0 atom stereocenters. The van der Waals surface area contributed by atoms with Crippen LogP contribution in [-0.4, -0.2) is 9.97 Å². The quantitative estimate of drug-likeness (QED) is 0.228. The SMILES string of the molecule is Cc1ccc(-c2c(C)sc3nc(Cl)nc(N(Cc4ccccc4)Cc4ccccc4)c23)cc1C. The van der Waals surface area contributed by atoms with E-state index in [9.17, 15) is 0 Å². The van der Waals surface area contributed by atoms with Crippen molar-refractivity contribution in [1.82, 2.24) is 9.97 Å². The number of hydrogen-bond donors (Lipinski definition) is 0. The van der Waals surface area contributed by atoms with E-state index in [0.29, 0.717) is 0 Å². The van der Waals surface area contributed by atoms with Gasteiger partial charge in [-0.25, -0.2) is 4.98 Å². The standard InChI is InChI=1S/C29H26ClN3S/c1-19-14-15-24(16-20(19)2)25-21(3)34-28-26(25)27(31-29(30)32-28)33(17-22-10-6-4-7-11-22)18-23-12-8-5-9-13-23/h4-16H,17-18H2,1-3H3. The molecule has 3 aromatic carbocycles. The molecule has 0 radical (unpaired) electrons. The third-order valence-corrected chi connectivity index (χ3v) is 7.38. The van der Waals surface area contributed by atoms with Gasteiger partial charge in [-0.15, -0.1) is 11.3 Å². The van der Waals surface area contributed by atoms with E-state index in [1.807, 2.05) is 12.1 Å². The smallest absolute Gasteiger partial charge is 0.225 e. The number of thiophene rings is 1. The molecule has 5 rings (SSSR count). The minimum Gasteiger partial charge on any atom is -0.347 e. The molecule has 170 valence electrons. The summed E-state index contributed by atoms with van der Waals surface area (Å²) in [5.41, 5.74) is 7.40. The van der Waals surface area contributed by atoms with Crippen LogP contribution in [0.1, 0.15) is 27.1 Å². The van der Waals surface area contributed by atoms with E-state index in [1.165, 1.54) is 38.3 Å². The van der Waals surface area contributed by atoms with Crippen LogP contribution in [0.2, 0.25) is 5.28 Å². The van der Waals surface area contributed by atoms with Gasteiger partial charge in [-0.2, -0.15) is 4.98 Å². The molecule has 5 heteroatoms. The maximum Gasteiger partial charge on any atom is 0.225 e. The summed E-state index contributed by atoms with van der Waals surface area (Å²) in [7, 11) is 0. The van der Waals surface area contributed by atoms with Gasteiger partial charge in [0.2, 0.25) is 5.28 Å². The Morgan fingerprint density at radius 1 is 0.765 bits per heavy atom. The zero-order valence-electron chi connectivity index (χ0n) is 19.5. The van der Waals surface area contributed by atoms with Crippen LogP contribution in [0.5, 0.6) is 0 Å². The second-order valence-electron chi connectivity index (χ2n) is 8.66. The summed E-state index contributed by atoms with van der Waals surface area (Å²) in [4.78, 5) is 13.9. The highest BCUT2D eigenvalue weighted by Crippen LogP contribution is 2.43. The average Bonchev–Trinajstić information content (AvgIpc) is 3.16. The van der Waals surface area contributed by atoms with E-state index in [1.54, 1.807) is 11.3 Å². The third kappa shape index (κ3) is 4.56. The van der Waals surface area contributed by atoms with E-state index in [2.05, 4.69) is 97.4 Å². The van der Waals surface area contributed by atoms with Crippen molar-refractivity contribution in [1.29, 1.82) is 0 Å². The number of rotatable bonds is 6. The molecule has 0 bridgehead atoms. The van der Waals surface area contributed by atoms with Crippen LogP contribution in [0.15, 0.2) is 78.9 Å². The highest BCUT2D eigenvalue weighted by molar-refractivity contribution is 7.19. The zero-order valence-corrected chi connectivity index (χ0v) is 21.1. The van der Waals surface area contributed by atoms with Gasteiger partial charge in [0.1, 0.15) is 10.6 Å². The lowest BCUT2D eigenvalue weighted by Crippen LogP contribution is -2.23. The van der Waals surface area contributed by atoms with Gasteiger partial charge in [0.25, 0.3) is 0 Å². The Morgan fingerprint density at radius 3 is 1.97 bits per heavy atom. The minimum absolute atomic E-state index is 0.279. The lowest BCUT2D eigenvalue weighted by Gasteiger charge is -2.25. The molecule has 0 amide bonds. The number of halogens is 1. The van der Waals surface area contributed by atoms with Crippen molar-refractivity contribution in [2.45, 2.75) is 33.9 Å². The molecule has 0 saturated heterocycles. The summed E-state index contributed by atoms with van der Waals surface area (Å²) in [5.74, 6) is 0.875.